The van der Waals surface area contributed by atoms with E-state index in [0.29, 0.717) is 10.9 Å². The zero-order chi connectivity index (χ0) is 14.2. The second kappa shape index (κ2) is 4.72. The fourth-order valence-electron chi connectivity index (χ4n) is 2.08. The molecule has 0 aliphatic rings. The monoisotopic (exact) mass is 262 g/mol. The van der Waals surface area contributed by atoms with Crippen LogP contribution in [0.5, 0.6) is 5.75 Å². The molecule has 19 heavy (non-hydrogen) atoms. The van der Waals surface area contributed by atoms with E-state index in [4.69, 9.17) is 4.74 Å². The maximum atomic E-state index is 12.2. The molecule has 0 saturated carbocycles. The summed E-state index contributed by atoms with van der Waals surface area (Å²) in [7, 11) is 1.41. The molecule has 2 aromatic rings. The first-order valence-corrected chi connectivity index (χ1v) is 5.83. The molecule has 100 valence electrons. The molecule has 6 heteroatoms. The summed E-state index contributed by atoms with van der Waals surface area (Å²) < 4.78 is 6.61. The van der Waals surface area contributed by atoms with E-state index >= 15 is 0 Å². The summed E-state index contributed by atoms with van der Waals surface area (Å²) in [6, 6.07) is 5.90. The van der Waals surface area contributed by atoms with Crippen molar-refractivity contribution < 1.29 is 9.66 Å². The van der Waals surface area contributed by atoms with E-state index in [1.807, 2.05) is 13.8 Å². The van der Waals surface area contributed by atoms with Crippen LogP contribution in [0.2, 0.25) is 0 Å². The van der Waals surface area contributed by atoms with Crippen molar-refractivity contribution in [1.82, 2.24) is 4.57 Å². The summed E-state index contributed by atoms with van der Waals surface area (Å²) in [4.78, 5) is 22.5. The van der Waals surface area contributed by atoms with Gasteiger partial charge >= 0.3 is 0 Å². The number of fused-ring (bicyclic) bond motifs is 1. The maximum Gasteiger partial charge on any atom is 0.293 e. The number of non-ortho nitro benzene ring substituents is 1. The number of nitro benzene ring substituents is 1. The van der Waals surface area contributed by atoms with E-state index in [0.717, 1.165) is 0 Å². The Labute approximate surface area is 109 Å². The molecule has 1 heterocycles. The Morgan fingerprint density at radius 2 is 2.00 bits per heavy atom. The standard InChI is InChI=1S/C13H14N2O4/c1-8(2)14-11-5-4-10(15(17)18)6-9(11)7-12(19-3)13(14)16/h4-8H,1-3H3. The lowest BCUT2D eigenvalue weighted by Gasteiger charge is -2.15. The average molecular weight is 262 g/mol. The molecular weight excluding hydrogens is 248 g/mol. The Balaban J connectivity index is 2.87. The average Bonchev–Trinajstić information content (AvgIpc) is 2.36. The van der Waals surface area contributed by atoms with Gasteiger partial charge in [0.15, 0.2) is 5.75 Å². The van der Waals surface area contributed by atoms with Crippen LogP contribution >= 0.6 is 0 Å². The van der Waals surface area contributed by atoms with Crippen molar-refractivity contribution in [3.8, 4) is 5.75 Å². The lowest BCUT2D eigenvalue weighted by atomic mass is 10.1. The van der Waals surface area contributed by atoms with Gasteiger partial charge in [-0.2, -0.15) is 0 Å². The molecule has 2 rings (SSSR count). The highest BCUT2D eigenvalue weighted by molar-refractivity contribution is 5.82. The molecule has 0 unspecified atom stereocenters. The first-order chi connectivity index (χ1) is 8.95. The van der Waals surface area contributed by atoms with Crippen LogP contribution in [0.3, 0.4) is 0 Å². The highest BCUT2D eigenvalue weighted by atomic mass is 16.6. The number of aromatic nitrogens is 1. The third-order valence-corrected chi connectivity index (χ3v) is 2.93. The lowest BCUT2D eigenvalue weighted by molar-refractivity contribution is -0.384. The number of hydrogen-bond donors (Lipinski definition) is 0. The second-order valence-electron chi connectivity index (χ2n) is 4.48. The number of nitro groups is 1. The van der Waals surface area contributed by atoms with Crippen molar-refractivity contribution in [3.05, 3.63) is 44.7 Å². The Morgan fingerprint density at radius 3 is 2.53 bits per heavy atom. The van der Waals surface area contributed by atoms with Gasteiger partial charge in [0.25, 0.3) is 11.2 Å². The van der Waals surface area contributed by atoms with Crippen molar-refractivity contribution >= 4 is 16.6 Å². The van der Waals surface area contributed by atoms with Crippen molar-refractivity contribution in [3.63, 3.8) is 0 Å². The summed E-state index contributed by atoms with van der Waals surface area (Å²) in [5.41, 5.74) is 0.411. The predicted octanol–water partition coefficient (Wildman–Crippen LogP) is 2.50. The van der Waals surface area contributed by atoms with E-state index in [1.165, 1.54) is 25.3 Å². The van der Waals surface area contributed by atoms with Crippen molar-refractivity contribution in [2.24, 2.45) is 0 Å². The number of nitrogens with zero attached hydrogens (tertiary/aromatic N) is 2. The Morgan fingerprint density at radius 1 is 1.32 bits per heavy atom. The lowest BCUT2D eigenvalue weighted by Crippen LogP contribution is -2.23. The number of benzene rings is 1. The van der Waals surface area contributed by atoms with Crippen LogP contribution in [-0.4, -0.2) is 16.6 Å². The van der Waals surface area contributed by atoms with E-state index in [2.05, 4.69) is 0 Å². The minimum atomic E-state index is -0.462. The molecular formula is C13H14N2O4. The van der Waals surface area contributed by atoms with Crippen LogP contribution < -0.4 is 10.3 Å². The number of ether oxygens (including phenoxy) is 1. The highest BCUT2D eigenvalue weighted by Gasteiger charge is 2.14. The molecule has 0 spiro atoms. The van der Waals surface area contributed by atoms with Crippen LogP contribution in [0.4, 0.5) is 5.69 Å². The van der Waals surface area contributed by atoms with Gasteiger partial charge in [0.2, 0.25) is 0 Å². The van der Waals surface area contributed by atoms with E-state index < -0.39 is 4.92 Å². The van der Waals surface area contributed by atoms with E-state index in [1.54, 1.807) is 10.6 Å². The minimum absolute atomic E-state index is 0.0106. The number of rotatable bonds is 3. The molecule has 0 amide bonds. The molecule has 0 bridgehead atoms. The zero-order valence-electron chi connectivity index (χ0n) is 10.9. The van der Waals surface area contributed by atoms with Gasteiger partial charge in [-0.25, -0.2) is 0 Å². The molecule has 1 aromatic carbocycles. The van der Waals surface area contributed by atoms with Crippen LogP contribution in [0.25, 0.3) is 10.9 Å². The SMILES string of the molecule is COc1cc2cc([N+](=O)[O-])ccc2n(C(C)C)c1=O. The van der Waals surface area contributed by atoms with Crippen LogP contribution in [0, 0.1) is 10.1 Å². The minimum Gasteiger partial charge on any atom is -0.491 e. The molecule has 0 fully saturated rings. The molecule has 0 aliphatic heterocycles. The number of hydrogen-bond acceptors (Lipinski definition) is 4. The summed E-state index contributed by atoms with van der Waals surface area (Å²) in [5, 5.41) is 11.4. The van der Waals surface area contributed by atoms with Gasteiger partial charge < -0.3 is 9.30 Å². The summed E-state index contributed by atoms with van der Waals surface area (Å²) in [5.74, 6) is 0.182. The largest absolute Gasteiger partial charge is 0.491 e. The highest BCUT2D eigenvalue weighted by Crippen LogP contribution is 2.24. The van der Waals surface area contributed by atoms with Gasteiger partial charge in [-0.15, -0.1) is 0 Å². The van der Waals surface area contributed by atoms with Gasteiger partial charge in [0.1, 0.15) is 0 Å². The van der Waals surface area contributed by atoms with Gasteiger partial charge in [0, 0.05) is 23.6 Å². The first kappa shape index (κ1) is 13.1. The second-order valence-corrected chi connectivity index (χ2v) is 4.48. The number of pyridine rings is 1. The van der Waals surface area contributed by atoms with Crippen LogP contribution in [-0.2, 0) is 0 Å². The molecule has 6 nitrogen and oxygen atoms in total. The van der Waals surface area contributed by atoms with Crippen molar-refractivity contribution in [2.75, 3.05) is 7.11 Å². The third-order valence-electron chi connectivity index (χ3n) is 2.93. The van der Waals surface area contributed by atoms with Crippen molar-refractivity contribution in [1.29, 1.82) is 0 Å². The van der Waals surface area contributed by atoms with Crippen LogP contribution in [0.1, 0.15) is 19.9 Å². The maximum absolute atomic E-state index is 12.2. The van der Waals surface area contributed by atoms with E-state index in [9.17, 15) is 14.9 Å². The topological polar surface area (TPSA) is 74.4 Å². The fraction of sp³-hybridized carbons (Fsp3) is 0.308. The zero-order valence-corrected chi connectivity index (χ0v) is 10.9. The van der Waals surface area contributed by atoms with Crippen LogP contribution in [0.15, 0.2) is 29.1 Å². The van der Waals surface area contributed by atoms with Gasteiger partial charge in [-0.05, 0) is 26.0 Å². The molecule has 0 atom stereocenters. The normalized spacial score (nSPS) is 10.9. The molecule has 0 aliphatic carbocycles. The number of methoxy groups -OCH3 is 1. The third kappa shape index (κ3) is 2.16. The van der Waals surface area contributed by atoms with Crippen molar-refractivity contribution in [2.45, 2.75) is 19.9 Å². The molecule has 0 radical (unpaired) electrons. The molecule has 0 saturated heterocycles. The van der Waals surface area contributed by atoms with Gasteiger partial charge in [-0.1, -0.05) is 0 Å². The first-order valence-electron chi connectivity index (χ1n) is 5.83. The predicted molar refractivity (Wildman–Crippen MR) is 71.8 cm³/mol. The summed E-state index contributed by atoms with van der Waals surface area (Å²) in [6.45, 7) is 3.75. The quantitative estimate of drug-likeness (QED) is 0.629. The Kier molecular flexibility index (Phi) is 3.25. The Bertz CT molecular complexity index is 704. The molecule has 1 aromatic heterocycles. The molecule has 0 N–H and O–H groups in total. The summed E-state index contributed by atoms with van der Waals surface area (Å²) >= 11 is 0. The van der Waals surface area contributed by atoms with Gasteiger partial charge in [-0.3, -0.25) is 14.9 Å². The van der Waals surface area contributed by atoms with Gasteiger partial charge in [0.05, 0.1) is 17.5 Å². The smallest absolute Gasteiger partial charge is 0.293 e. The Hall–Kier alpha value is -2.37. The summed E-state index contributed by atoms with van der Waals surface area (Å²) in [6.07, 6.45) is 0. The van der Waals surface area contributed by atoms with E-state index in [-0.39, 0.29) is 23.0 Å². The fourth-order valence-corrected chi connectivity index (χ4v) is 2.08.